The highest BCUT2D eigenvalue weighted by Crippen LogP contribution is 2.22. The van der Waals surface area contributed by atoms with Crippen molar-refractivity contribution in [2.45, 2.75) is 19.2 Å². The number of aromatic nitrogens is 4. The van der Waals surface area contributed by atoms with Gasteiger partial charge >= 0.3 is 0 Å². The normalized spacial score (nSPS) is 13.7. The maximum atomic E-state index is 12.4. The van der Waals surface area contributed by atoms with E-state index in [9.17, 15) is 15.0 Å². The van der Waals surface area contributed by atoms with Crippen molar-refractivity contribution in [1.29, 1.82) is 1.43 Å². The second kappa shape index (κ2) is 10.4. The lowest BCUT2D eigenvalue weighted by Gasteiger charge is -2.20. The van der Waals surface area contributed by atoms with Gasteiger partial charge in [-0.1, -0.05) is 18.2 Å². The Labute approximate surface area is 164 Å². The second-order valence-corrected chi connectivity index (χ2v) is 5.44. The third-order valence-electron chi connectivity index (χ3n) is 3.65. The fourth-order valence-corrected chi connectivity index (χ4v) is 2.39. The van der Waals surface area contributed by atoms with E-state index in [0.717, 1.165) is 0 Å². The van der Waals surface area contributed by atoms with Gasteiger partial charge in [0, 0.05) is 14.0 Å². The van der Waals surface area contributed by atoms with Crippen LogP contribution < -0.4 is 5.32 Å². The van der Waals surface area contributed by atoms with Crippen molar-refractivity contribution in [1.82, 2.24) is 19.5 Å². The van der Waals surface area contributed by atoms with Crippen molar-refractivity contribution in [3.8, 4) is 0 Å². The van der Waals surface area contributed by atoms with Crippen molar-refractivity contribution in [3.05, 3.63) is 48.5 Å². The molecule has 150 valence electrons. The Morgan fingerprint density at radius 3 is 2.71 bits per heavy atom. The number of aliphatic hydroxyl groups is 3. The third-order valence-corrected chi connectivity index (χ3v) is 3.65. The van der Waals surface area contributed by atoms with Crippen LogP contribution >= 0.6 is 0 Å². The summed E-state index contributed by atoms with van der Waals surface area (Å²) in [5.41, 5.74) is 1.14. The predicted molar refractivity (Wildman–Crippen MR) is 102 cm³/mol. The second-order valence-electron chi connectivity index (χ2n) is 5.44. The lowest BCUT2D eigenvalue weighted by atomic mass is 10.2. The van der Waals surface area contributed by atoms with Gasteiger partial charge in [0.2, 0.25) is 1.43 Å². The average Bonchev–Trinajstić information content (AvgIpc) is 3.21. The highest BCUT2D eigenvalue weighted by Gasteiger charge is 2.20. The van der Waals surface area contributed by atoms with Crippen LogP contribution in [0.25, 0.3) is 11.2 Å². The van der Waals surface area contributed by atoms with Crippen molar-refractivity contribution in [2.75, 3.05) is 25.6 Å². The maximum absolute atomic E-state index is 12.4. The molecule has 4 N–H and O–H groups in total. The molecule has 28 heavy (non-hydrogen) atoms. The van der Waals surface area contributed by atoms with Gasteiger partial charge in [-0.15, -0.1) is 0 Å². The molecule has 0 fully saturated rings. The molecule has 0 unspecified atom stereocenters. The van der Waals surface area contributed by atoms with E-state index in [1.54, 1.807) is 24.3 Å². The van der Waals surface area contributed by atoms with Crippen LogP contribution in [0.1, 0.15) is 24.9 Å². The molecule has 3 aromatic rings. The highest BCUT2D eigenvalue weighted by atomic mass is 16.5. The van der Waals surface area contributed by atoms with E-state index in [2.05, 4.69) is 25.4 Å². The first-order valence-corrected chi connectivity index (χ1v) is 8.29. The molecular formula is C18H23N5O5. The Kier molecular flexibility index (Phi) is 6.87. The van der Waals surface area contributed by atoms with Crippen LogP contribution in [0.3, 0.4) is 0 Å². The zero-order valence-corrected chi connectivity index (χ0v) is 15.2. The molecule has 0 spiro atoms. The number of aliphatic hydroxyl groups excluding tert-OH is 3. The number of nitrogens with one attached hydrogen (secondary N) is 1. The highest BCUT2D eigenvalue weighted by molar-refractivity contribution is 6.06. The van der Waals surface area contributed by atoms with Crippen molar-refractivity contribution < 1.29 is 26.2 Å². The van der Waals surface area contributed by atoms with Gasteiger partial charge in [0.15, 0.2) is 23.2 Å². The minimum absolute atomic E-state index is 0.160. The molecule has 0 saturated heterocycles. The van der Waals surface area contributed by atoms with Crippen LogP contribution in [-0.4, -0.2) is 68.6 Å². The topological polar surface area (TPSA) is 143 Å². The first-order valence-electron chi connectivity index (χ1n) is 9.40. The van der Waals surface area contributed by atoms with E-state index in [-0.39, 0.29) is 25.2 Å². The van der Waals surface area contributed by atoms with E-state index in [0.29, 0.717) is 16.7 Å². The van der Waals surface area contributed by atoms with Gasteiger partial charge in [0.05, 0.1) is 25.6 Å². The lowest BCUT2D eigenvalue weighted by molar-refractivity contribution is -0.0871. The minimum atomic E-state index is -0.884. The zero-order valence-electron chi connectivity index (χ0n) is 17.2. The number of benzene rings is 1. The summed E-state index contributed by atoms with van der Waals surface area (Å²) in [4.78, 5) is 24.8. The molecule has 10 nitrogen and oxygen atoms in total. The molecule has 0 aliphatic heterocycles. The van der Waals surface area contributed by atoms with Crippen LogP contribution in [0.5, 0.6) is 0 Å². The first-order chi connectivity index (χ1) is 14.6. The van der Waals surface area contributed by atoms with Gasteiger partial charge in [-0.25, -0.2) is 15.0 Å². The molecule has 10 heteroatoms. The number of hydrogen-bond donors (Lipinski definition) is 4. The molecule has 2 heterocycles. The number of fused-ring (bicyclic) bond motifs is 1. The van der Waals surface area contributed by atoms with Gasteiger partial charge in [0.25, 0.3) is 5.91 Å². The maximum Gasteiger partial charge on any atom is 0.256 e. The molecule has 2 atom stereocenters. The predicted octanol–water partition coefficient (Wildman–Crippen LogP) is 0.575. The molecule has 0 aliphatic rings. The number of rotatable bonds is 7. The fourth-order valence-electron chi connectivity index (χ4n) is 2.39. The van der Waals surface area contributed by atoms with Gasteiger partial charge < -0.3 is 25.4 Å². The zero-order chi connectivity index (χ0) is 21.9. The molecule has 0 radical (unpaired) electrons. The Balaban J connectivity index is 0.00000101. The van der Waals surface area contributed by atoms with Gasteiger partial charge in [-0.3, -0.25) is 9.36 Å². The van der Waals surface area contributed by atoms with Crippen LogP contribution in [0.2, 0.25) is 0 Å². The summed E-state index contributed by atoms with van der Waals surface area (Å²) < 4.78 is 20.0. The summed E-state index contributed by atoms with van der Waals surface area (Å²) in [7, 11) is 1.29. The number of carbonyl (C=O) groups excluding carboxylic acids is 1. The van der Waals surface area contributed by atoms with Crippen molar-refractivity contribution in [2.24, 2.45) is 0 Å². The van der Waals surface area contributed by atoms with Crippen LogP contribution in [0, 0.1) is 0 Å². The van der Waals surface area contributed by atoms with E-state index in [4.69, 9.17) is 7.54 Å². The number of hydrogen-bond acceptors (Lipinski definition) is 8. The molecule has 1 amide bonds. The van der Waals surface area contributed by atoms with E-state index in [1.807, 2.05) is 6.07 Å². The SMILES string of the molecule is [2H]C[C@H](CO)O[C@H](CO)n1cnc2c(NC(=O)c3ccccc3)ncnc21.[3H]OC. The monoisotopic (exact) mass is 392 g/mol. The third kappa shape index (κ3) is 4.87. The summed E-state index contributed by atoms with van der Waals surface area (Å²) >= 11 is 0. The lowest BCUT2D eigenvalue weighted by Crippen LogP contribution is -2.24. The average molecular weight is 392 g/mol. The molecule has 0 bridgehead atoms. The van der Waals surface area contributed by atoms with E-state index < -0.39 is 18.9 Å². The summed E-state index contributed by atoms with van der Waals surface area (Å²) in [6, 6.07) is 8.68. The minimum Gasteiger partial charge on any atom is -0.400 e. The quantitative estimate of drug-likeness (QED) is 0.457. The Morgan fingerprint density at radius 1 is 1.32 bits per heavy atom. The van der Waals surface area contributed by atoms with Gasteiger partial charge in [-0.2, -0.15) is 0 Å². The Morgan fingerprint density at radius 2 is 2.07 bits per heavy atom. The summed E-state index contributed by atoms with van der Waals surface area (Å²) in [5.74, 6) is -0.113. The van der Waals surface area contributed by atoms with Gasteiger partial charge in [-0.05, 0) is 19.0 Å². The van der Waals surface area contributed by atoms with Crippen LogP contribution in [0.4, 0.5) is 5.82 Å². The summed E-state index contributed by atoms with van der Waals surface area (Å²) in [5, 5.41) is 25.0. The Hall–Kier alpha value is -2.92. The largest absolute Gasteiger partial charge is 0.400 e. The van der Waals surface area contributed by atoms with Crippen LogP contribution in [0.15, 0.2) is 43.0 Å². The first kappa shape index (κ1) is 18.4. The molecule has 3 rings (SSSR count). The number of ether oxygens (including phenoxy) is 1. The molecule has 0 aliphatic carbocycles. The van der Waals surface area contributed by atoms with E-state index in [1.165, 1.54) is 24.3 Å². The number of carbonyl (C=O) groups is 1. The number of nitrogens with zero attached hydrogens (tertiary/aromatic N) is 4. The molecule has 0 saturated carbocycles. The standard InChI is InChI=1S/C17H19N5O4.CH4O/c1-11(7-23)26-13(8-24)22-10-20-14-15(18-9-19-16(14)22)21-17(25)12-5-3-2-4-6-12;1-2/h2-6,9-11,13,23-24H,7-8H2,1H3,(H,18,19,21,25);2H,1H3/t11-,13-;/m1./s1/i1D;2T. The smallest absolute Gasteiger partial charge is 0.256 e. The van der Waals surface area contributed by atoms with Crippen molar-refractivity contribution in [3.63, 3.8) is 0 Å². The van der Waals surface area contributed by atoms with Crippen LogP contribution in [-0.2, 0) is 4.74 Å². The molecule has 1 aromatic carbocycles. The number of imidazole rings is 1. The molecule has 2 aromatic heterocycles. The Bertz CT molecular complexity index is 924. The number of anilines is 1. The fraction of sp³-hybridized carbons (Fsp3) is 0.333. The number of amides is 1. The van der Waals surface area contributed by atoms with Crippen molar-refractivity contribution >= 4 is 22.9 Å². The summed E-state index contributed by atoms with van der Waals surface area (Å²) in [6.45, 7) is -0.912. The van der Waals surface area contributed by atoms with Gasteiger partial charge in [0.1, 0.15) is 6.33 Å². The summed E-state index contributed by atoms with van der Waals surface area (Å²) in [6.07, 6.45) is 1.03. The molecular weight excluding hydrogens is 366 g/mol. The van der Waals surface area contributed by atoms with E-state index >= 15 is 0 Å².